The lowest BCUT2D eigenvalue weighted by Gasteiger charge is -2.35. The summed E-state index contributed by atoms with van der Waals surface area (Å²) in [5.74, 6) is 0.601. The van der Waals surface area contributed by atoms with Gasteiger partial charge < -0.3 is 9.80 Å². The molecule has 1 saturated heterocycles. The van der Waals surface area contributed by atoms with Gasteiger partial charge in [-0.3, -0.25) is 4.79 Å². The van der Waals surface area contributed by atoms with Gasteiger partial charge in [-0.1, -0.05) is 17.7 Å². The van der Waals surface area contributed by atoms with Crippen LogP contribution in [0.4, 0.5) is 0 Å². The zero-order valence-corrected chi connectivity index (χ0v) is 15.5. The fourth-order valence-corrected chi connectivity index (χ4v) is 4.10. The van der Waals surface area contributed by atoms with Crippen molar-refractivity contribution in [2.45, 2.75) is 23.8 Å². The molecule has 1 fully saturated rings. The average molecular weight is 392 g/mol. The molecule has 1 aliphatic heterocycles. The normalized spacial score (nSPS) is 17.0. The van der Waals surface area contributed by atoms with Crippen molar-refractivity contribution in [1.29, 1.82) is 0 Å². The third-order valence-corrected chi connectivity index (χ3v) is 6.35. The zero-order chi connectivity index (χ0) is 15.4. The smallest absolute Gasteiger partial charge is 0.232 e. The highest BCUT2D eigenvalue weighted by molar-refractivity contribution is 9.10. The van der Waals surface area contributed by atoms with E-state index in [1.54, 1.807) is 0 Å². The highest BCUT2D eigenvalue weighted by atomic mass is 79.9. The van der Waals surface area contributed by atoms with Gasteiger partial charge >= 0.3 is 0 Å². The Hall–Kier alpha value is -0.230. The van der Waals surface area contributed by atoms with Crippen LogP contribution in [-0.2, 0) is 4.79 Å². The highest BCUT2D eigenvalue weighted by Gasteiger charge is 2.24. The van der Waals surface area contributed by atoms with Crippen LogP contribution in [0, 0.1) is 0 Å². The Morgan fingerprint density at radius 2 is 2.14 bits per heavy atom. The molecule has 0 unspecified atom stereocenters. The first-order chi connectivity index (χ1) is 9.99. The van der Waals surface area contributed by atoms with Crippen molar-refractivity contribution >= 4 is 45.2 Å². The summed E-state index contributed by atoms with van der Waals surface area (Å²) >= 11 is 11.1. The highest BCUT2D eigenvalue weighted by Crippen LogP contribution is 2.33. The summed E-state index contributed by atoms with van der Waals surface area (Å²) in [5, 5.41) is 0.678. The van der Waals surface area contributed by atoms with E-state index in [-0.39, 0.29) is 5.91 Å². The maximum absolute atomic E-state index is 12.3. The number of rotatable bonds is 4. The topological polar surface area (TPSA) is 23.6 Å². The first-order valence-electron chi connectivity index (χ1n) is 7.00. The number of carbonyl (C=O) groups is 1. The van der Waals surface area contributed by atoms with E-state index in [0.717, 1.165) is 35.3 Å². The predicted octanol–water partition coefficient (Wildman–Crippen LogP) is 3.75. The molecular weight excluding hydrogens is 372 g/mol. The Balaban J connectivity index is 1.88. The van der Waals surface area contributed by atoms with Crippen molar-refractivity contribution in [3.8, 4) is 0 Å². The Morgan fingerprint density at radius 3 is 2.81 bits per heavy atom. The van der Waals surface area contributed by atoms with Gasteiger partial charge in [-0.05, 0) is 61.0 Å². The van der Waals surface area contributed by atoms with Crippen LogP contribution in [0.15, 0.2) is 27.6 Å². The molecule has 6 heteroatoms. The SMILES string of the molecule is CN1CCC(N(C)C(=O)CSc2cccc(Br)c2Cl)CC1. The lowest BCUT2D eigenvalue weighted by atomic mass is 10.0. The number of amides is 1. The molecule has 0 spiro atoms. The molecule has 1 heterocycles. The van der Waals surface area contributed by atoms with Gasteiger partial charge in [-0.2, -0.15) is 0 Å². The molecule has 1 aliphatic rings. The van der Waals surface area contributed by atoms with Crippen LogP contribution >= 0.6 is 39.3 Å². The van der Waals surface area contributed by atoms with Gasteiger partial charge in [0.1, 0.15) is 0 Å². The summed E-state index contributed by atoms with van der Waals surface area (Å²) in [7, 11) is 4.05. The third-order valence-electron chi connectivity index (χ3n) is 3.90. The molecule has 0 radical (unpaired) electrons. The van der Waals surface area contributed by atoms with E-state index < -0.39 is 0 Å². The molecule has 0 aromatic heterocycles. The van der Waals surface area contributed by atoms with Crippen LogP contribution < -0.4 is 0 Å². The fourth-order valence-electron chi connectivity index (χ4n) is 2.42. The van der Waals surface area contributed by atoms with Gasteiger partial charge in [0.2, 0.25) is 5.91 Å². The number of likely N-dealkylation sites (tertiary alicyclic amines) is 1. The maximum atomic E-state index is 12.3. The lowest BCUT2D eigenvalue weighted by molar-refractivity contribution is -0.129. The number of hydrogen-bond donors (Lipinski definition) is 0. The number of halogens is 2. The van der Waals surface area contributed by atoms with E-state index >= 15 is 0 Å². The van der Waals surface area contributed by atoms with Crippen LogP contribution in [-0.4, -0.2) is 54.7 Å². The van der Waals surface area contributed by atoms with Crippen LogP contribution in [0.5, 0.6) is 0 Å². The molecule has 1 amide bonds. The summed E-state index contributed by atoms with van der Waals surface area (Å²) in [6, 6.07) is 6.15. The monoisotopic (exact) mass is 390 g/mol. The summed E-state index contributed by atoms with van der Waals surface area (Å²) < 4.78 is 0.866. The number of thioether (sulfide) groups is 1. The largest absolute Gasteiger partial charge is 0.342 e. The minimum absolute atomic E-state index is 0.172. The van der Waals surface area contributed by atoms with Gasteiger partial charge in [-0.15, -0.1) is 11.8 Å². The van der Waals surface area contributed by atoms with Gasteiger partial charge in [0.05, 0.1) is 10.8 Å². The quantitative estimate of drug-likeness (QED) is 0.730. The van der Waals surface area contributed by atoms with Crippen LogP contribution in [0.2, 0.25) is 5.02 Å². The zero-order valence-electron chi connectivity index (χ0n) is 12.3. The van der Waals surface area contributed by atoms with Crippen molar-refractivity contribution in [3.05, 3.63) is 27.7 Å². The van der Waals surface area contributed by atoms with E-state index in [1.807, 2.05) is 30.1 Å². The summed E-state index contributed by atoms with van der Waals surface area (Å²) in [4.78, 5) is 17.5. The van der Waals surface area contributed by atoms with Crippen LogP contribution in [0.1, 0.15) is 12.8 Å². The molecule has 116 valence electrons. The number of nitrogens with zero attached hydrogens (tertiary/aromatic N) is 2. The molecule has 1 aromatic rings. The first-order valence-corrected chi connectivity index (χ1v) is 9.15. The van der Waals surface area contributed by atoms with Crippen molar-refractivity contribution in [1.82, 2.24) is 9.80 Å². The van der Waals surface area contributed by atoms with Crippen molar-refractivity contribution < 1.29 is 4.79 Å². The average Bonchev–Trinajstić information content (AvgIpc) is 2.48. The molecule has 0 bridgehead atoms. The molecular formula is C15H20BrClN2OS. The molecule has 21 heavy (non-hydrogen) atoms. The van der Waals surface area contributed by atoms with Crippen molar-refractivity contribution in [2.24, 2.45) is 0 Å². The number of piperidine rings is 1. The number of hydrogen-bond acceptors (Lipinski definition) is 3. The predicted molar refractivity (Wildman–Crippen MR) is 93.2 cm³/mol. The Morgan fingerprint density at radius 1 is 1.48 bits per heavy atom. The van der Waals surface area contributed by atoms with Crippen molar-refractivity contribution in [3.63, 3.8) is 0 Å². The van der Waals surface area contributed by atoms with Gasteiger partial charge in [0.15, 0.2) is 0 Å². The Kier molecular flexibility index (Phi) is 6.41. The van der Waals surface area contributed by atoms with E-state index in [4.69, 9.17) is 11.6 Å². The van der Waals surface area contributed by atoms with Crippen molar-refractivity contribution in [2.75, 3.05) is 32.9 Å². The summed E-state index contributed by atoms with van der Waals surface area (Å²) in [6.45, 7) is 2.12. The number of benzene rings is 1. The molecule has 0 N–H and O–H groups in total. The molecule has 0 saturated carbocycles. The van der Waals surface area contributed by atoms with Gasteiger partial charge in [-0.25, -0.2) is 0 Å². The Bertz CT molecular complexity index is 506. The van der Waals surface area contributed by atoms with Gasteiger partial charge in [0, 0.05) is 22.5 Å². The minimum Gasteiger partial charge on any atom is -0.342 e. The van der Waals surface area contributed by atoms with E-state index in [2.05, 4.69) is 27.9 Å². The second-order valence-corrected chi connectivity index (χ2v) is 7.63. The van der Waals surface area contributed by atoms with Crippen LogP contribution in [0.3, 0.4) is 0 Å². The standard InChI is InChI=1S/C15H20BrClN2OS/c1-18-8-6-11(7-9-18)19(2)14(20)10-21-13-5-3-4-12(16)15(13)17/h3-5,11H,6-10H2,1-2H3. The minimum atomic E-state index is 0.172. The number of carbonyl (C=O) groups excluding carboxylic acids is 1. The Labute approximate surface area is 144 Å². The third kappa shape index (κ3) is 4.62. The molecule has 3 nitrogen and oxygen atoms in total. The van der Waals surface area contributed by atoms with Gasteiger partial charge in [0.25, 0.3) is 0 Å². The second kappa shape index (κ2) is 7.86. The lowest BCUT2D eigenvalue weighted by Crippen LogP contribution is -2.45. The maximum Gasteiger partial charge on any atom is 0.232 e. The van der Waals surface area contributed by atoms with E-state index in [9.17, 15) is 4.79 Å². The molecule has 0 aliphatic carbocycles. The fraction of sp³-hybridized carbons (Fsp3) is 0.533. The summed E-state index contributed by atoms with van der Waals surface area (Å²) in [6.07, 6.45) is 2.11. The molecule has 1 aromatic carbocycles. The molecule has 2 rings (SSSR count). The summed E-state index contributed by atoms with van der Waals surface area (Å²) in [5.41, 5.74) is 0. The van der Waals surface area contributed by atoms with E-state index in [1.165, 1.54) is 11.8 Å². The molecule has 0 atom stereocenters. The van der Waals surface area contributed by atoms with Crippen LogP contribution in [0.25, 0.3) is 0 Å². The first kappa shape index (κ1) is 17.1. The van der Waals surface area contributed by atoms with E-state index in [0.29, 0.717) is 16.8 Å². The second-order valence-electron chi connectivity index (χ2n) is 5.38.